The predicted molar refractivity (Wildman–Crippen MR) is 164 cm³/mol. The second-order valence-electron chi connectivity index (χ2n) is 9.79. The first-order chi connectivity index (χ1) is 18.9. The Bertz CT molecular complexity index is 1760. The predicted octanol–water partition coefficient (Wildman–Crippen LogP) is 5.84. The van der Waals surface area contributed by atoms with Crippen molar-refractivity contribution < 1.29 is 0 Å². The van der Waals surface area contributed by atoms with Crippen LogP contribution < -0.4 is 20.9 Å². The largest absolute Gasteiger partial charge is 0.387 e. The van der Waals surface area contributed by atoms with E-state index in [1.165, 1.54) is 48.4 Å². The molecule has 6 aromatic rings. The van der Waals surface area contributed by atoms with Gasteiger partial charge < -0.3 is 9.88 Å². The lowest BCUT2D eigenvalue weighted by molar-refractivity contribution is 0.941. The van der Waals surface area contributed by atoms with E-state index in [-0.39, 0.29) is 0 Å². The summed E-state index contributed by atoms with van der Waals surface area (Å²) in [6, 6.07) is 48.9. The third kappa shape index (κ3) is 3.47. The standard InChI is InChI=1S/C35H28N2Si/c1-4-14-27(15-5-1)37-33-21-11-10-20-31(33)32-24-23-30(26-34(32)37)38(28-16-6-2-7-17-28,29-18-8-3-9-19-29)35-22-12-13-25-36-35/h1-24,26,36H,25H2. The molecule has 182 valence electrons. The number of para-hydroxylation sites is 2. The van der Waals surface area contributed by atoms with Crippen LogP contribution in [-0.4, -0.2) is 19.2 Å². The maximum atomic E-state index is 3.81. The Kier molecular flexibility index (Phi) is 5.57. The van der Waals surface area contributed by atoms with Crippen LogP contribution in [0.15, 0.2) is 157 Å². The van der Waals surface area contributed by atoms with Gasteiger partial charge in [0, 0.05) is 28.3 Å². The van der Waals surface area contributed by atoms with Gasteiger partial charge in [-0.1, -0.05) is 121 Å². The van der Waals surface area contributed by atoms with Crippen molar-refractivity contribution in [3.05, 3.63) is 157 Å². The summed E-state index contributed by atoms with van der Waals surface area (Å²) in [6.07, 6.45) is 6.70. The monoisotopic (exact) mass is 504 g/mol. The minimum atomic E-state index is -2.63. The van der Waals surface area contributed by atoms with Gasteiger partial charge in [0.25, 0.3) is 0 Å². The molecule has 0 amide bonds. The van der Waals surface area contributed by atoms with Crippen molar-refractivity contribution in [2.45, 2.75) is 0 Å². The molecule has 0 saturated carbocycles. The Labute approximate surface area is 224 Å². The van der Waals surface area contributed by atoms with E-state index in [2.05, 4.69) is 162 Å². The number of hydrogen-bond acceptors (Lipinski definition) is 1. The molecule has 0 radical (unpaired) electrons. The molecule has 2 nitrogen and oxygen atoms in total. The molecule has 5 aromatic carbocycles. The van der Waals surface area contributed by atoms with E-state index in [0.29, 0.717) is 0 Å². The van der Waals surface area contributed by atoms with E-state index >= 15 is 0 Å². The molecule has 3 heteroatoms. The quantitative estimate of drug-likeness (QED) is 0.231. The maximum absolute atomic E-state index is 3.81. The summed E-state index contributed by atoms with van der Waals surface area (Å²) in [7, 11) is -2.63. The third-order valence-corrected chi connectivity index (χ3v) is 12.5. The third-order valence-electron chi connectivity index (χ3n) is 7.75. The molecular weight excluding hydrogens is 476 g/mol. The zero-order valence-corrected chi connectivity index (χ0v) is 22.1. The number of fused-ring (bicyclic) bond motifs is 3. The molecule has 1 aliphatic heterocycles. The van der Waals surface area contributed by atoms with Crippen molar-refractivity contribution in [3.63, 3.8) is 0 Å². The minimum absolute atomic E-state index is 0.840. The molecule has 7 rings (SSSR count). The van der Waals surface area contributed by atoms with E-state index in [1.807, 2.05) is 0 Å². The molecule has 0 saturated heterocycles. The van der Waals surface area contributed by atoms with Gasteiger partial charge in [0.05, 0.1) is 11.0 Å². The Morgan fingerprint density at radius 3 is 1.82 bits per heavy atom. The van der Waals surface area contributed by atoms with Gasteiger partial charge in [-0.3, -0.25) is 0 Å². The summed E-state index contributed by atoms with van der Waals surface area (Å²) in [5, 5.41) is 11.8. The summed E-state index contributed by atoms with van der Waals surface area (Å²) in [5.41, 5.74) is 3.65. The van der Waals surface area contributed by atoms with Crippen LogP contribution in [0.1, 0.15) is 0 Å². The average Bonchev–Trinajstić information content (AvgIpc) is 3.33. The lowest BCUT2D eigenvalue weighted by Gasteiger charge is -2.37. The maximum Gasteiger partial charge on any atom is 0.198 e. The first-order valence-electron chi connectivity index (χ1n) is 13.2. The second-order valence-corrected chi connectivity index (χ2v) is 13.6. The van der Waals surface area contributed by atoms with Crippen LogP contribution >= 0.6 is 0 Å². The molecular formula is C35H28N2Si. The Morgan fingerprint density at radius 1 is 0.553 bits per heavy atom. The van der Waals surface area contributed by atoms with Crippen LogP contribution in [0.3, 0.4) is 0 Å². The fourth-order valence-corrected chi connectivity index (χ4v) is 10.8. The van der Waals surface area contributed by atoms with Gasteiger partial charge in [0.1, 0.15) is 0 Å². The van der Waals surface area contributed by atoms with Gasteiger partial charge in [-0.25, -0.2) is 0 Å². The van der Waals surface area contributed by atoms with Crippen molar-refractivity contribution in [1.29, 1.82) is 0 Å². The van der Waals surface area contributed by atoms with Gasteiger partial charge in [-0.05, 0) is 45.9 Å². The number of hydrogen-bond donors (Lipinski definition) is 1. The minimum Gasteiger partial charge on any atom is -0.387 e. The first kappa shape index (κ1) is 22.6. The molecule has 38 heavy (non-hydrogen) atoms. The van der Waals surface area contributed by atoms with Crippen molar-refractivity contribution in [2.24, 2.45) is 0 Å². The Morgan fingerprint density at radius 2 is 1.16 bits per heavy atom. The van der Waals surface area contributed by atoms with Crippen molar-refractivity contribution in [3.8, 4) is 5.69 Å². The van der Waals surface area contributed by atoms with Gasteiger partial charge in [-0.2, -0.15) is 0 Å². The smallest absolute Gasteiger partial charge is 0.198 e. The number of nitrogens with one attached hydrogen (secondary N) is 1. The highest BCUT2D eigenvalue weighted by atomic mass is 28.3. The zero-order valence-electron chi connectivity index (χ0n) is 21.1. The molecule has 0 spiro atoms. The van der Waals surface area contributed by atoms with E-state index in [1.54, 1.807) is 0 Å². The van der Waals surface area contributed by atoms with Gasteiger partial charge >= 0.3 is 0 Å². The number of aromatic nitrogens is 1. The van der Waals surface area contributed by atoms with Gasteiger partial charge in [0.2, 0.25) is 0 Å². The fourth-order valence-electron chi connectivity index (χ4n) is 6.12. The molecule has 1 aromatic heterocycles. The topological polar surface area (TPSA) is 17.0 Å². The zero-order chi connectivity index (χ0) is 25.4. The number of allylic oxidation sites excluding steroid dienone is 2. The molecule has 2 heterocycles. The first-order valence-corrected chi connectivity index (χ1v) is 15.2. The van der Waals surface area contributed by atoms with Gasteiger partial charge in [0.15, 0.2) is 8.07 Å². The van der Waals surface area contributed by atoms with Gasteiger partial charge in [-0.15, -0.1) is 0 Å². The van der Waals surface area contributed by atoms with Crippen LogP contribution in [-0.2, 0) is 0 Å². The van der Waals surface area contributed by atoms with Crippen molar-refractivity contribution >= 4 is 45.4 Å². The van der Waals surface area contributed by atoms with Crippen LogP contribution in [0, 0.1) is 0 Å². The average molecular weight is 505 g/mol. The molecule has 1 aliphatic rings. The highest BCUT2D eigenvalue weighted by Gasteiger charge is 2.43. The van der Waals surface area contributed by atoms with E-state index < -0.39 is 8.07 Å². The number of benzene rings is 5. The molecule has 0 unspecified atom stereocenters. The summed E-state index contributed by atoms with van der Waals surface area (Å²) in [6.45, 7) is 0.840. The van der Waals surface area contributed by atoms with Crippen molar-refractivity contribution in [1.82, 2.24) is 9.88 Å². The van der Waals surface area contributed by atoms with Crippen LogP contribution in [0.5, 0.6) is 0 Å². The summed E-state index contributed by atoms with van der Waals surface area (Å²) in [5.74, 6) is 0. The summed E-state index contributed by atoms with van der Waals surface area (Å²) < 4.78 is 2.42. The van der Waals surface area contributed by atoms with Crippen molar-refractivity contribution in [2.75, 3.05) is 6.54 Å². The highest BCUT2D eigenvalue weighted by molar-refractivity contribution is 7.16. The van der Waals surface area contributed by atoms with Crippen LogP contribution in [0.25, 0.3) is 27.5 Å². The van der Waals surface area contributed by atoms with Crippen LogP contribution in [0.4, 0.5) is 0 Å². The Hall–Kier alpha value is -4.60. The lowest BCUT2D eigenvalue weighted by atomic mass is 10.1. The molecule has 1 N–H and O–H groups in total. The number of nitrogens with zero attached hydrogens (tertiary/aromatic N) is 1. The normalized spacial score (nSPS) is 13.4. The molecule has 0 bridgehead atoms. The van der Waals surface area contributed by atoms with Crippen LogP contribution in [0.2, 0.25) is 0 Å². The highest BCUT2D eigenvalue weighted by Crippen LogP contribution is 2.32. The fraction of sp³-hybridized carbons (Fsp3) is 0.0286. The van der Waals surface area contributed by atoms with E-state index in [9.17, 15) is 0 Å². The molecule has 0 aliphatic carbocycles. The Balaban J connectivity index is 1.61. The lowest BCUT2D eigenvalue weighted by Crippen LogP contribution is -2.71. The molecule has 0 fully saturated rings. The summed E-state index contributed by atoms with van der Waals surface area (Å²) in [4.78, 5) is 0. The van der Waals surface area contributed by atoms with E-state index in [0.717, 1.165) is 6.54 Å². The van der Waals surface area contributed by atoms with E-state index in [4.69, 9.17) is 0 Å². The second kappa shape index (κ2) is 9.36. The number of dihydropyridines is 1. The number of rotatable bonds is 5. The summed E-state index contributed by atoms with van der Waals surface area (Å²) >= 11 is 0. The molecule has 0 atom stereocenters. The SMILES string of the molecule is C1=CCNC([Si](c2ccccc2)(c2ccccc2)c2ccc3c4ccccc4n(-c4ccccc4)c3c2)=C1.